The maximum atomic E-state index is 13.0. The molecule has 1 aromatic carbocycles. The number of rotatable bonds is 5. The highest BCUT2D eigenvalue weighted by Gasteiger charge is 2.21. The highest BCUT2D eigenvalue weighted by molar-refractivity contribution is 6.31. The second-order valence-electron chi connectivity index (χ2n) is 4.08. The highest BCUT2D eigenvalue weighted by Crippen LogP contribution is 2.33. The van der Waals surface area contributed by atoms with Crippen LogP contribution >= 0.6 is 11.6 Å². The van der Waals surface area contributed by atoms with Crippen LogP contribution in [0.15, 0.2) is 18.2 Å². The molecule has 0 saturated carbocycles. The molecule has 90 valence electrons. The molecule has 0 spiro atoms. The average molecular weight is 244 g/mol. The third-order valence-electron chi connectivity index (χ3n) is 3.23. The third-order valence-corrected chi connectivity index (χ3v) is 3.56. The summed E-state index contributed by atoms with van der Waals surface area (Å²) >= 11 is 6.07. The van der Waals surface area contributed by atoms with Crippen LogP contribution in [0, 0.1) is 11.7 Å². The predicted molar refractivity (Wildman–Crippen MR) is 67.3 cm³/mol. The Kier molecular flexibility index (Phi) is 5.23. The van der Waals surface area contributed by atoms with Crippen molar-refractivity contribution in [1.29, 1.82) is 0 Å². The molecule has 1 aromatic rings. The minimum Gasteiger partial charge on any atom is -0.330 e. The molecule has 0 aliphatic heterocycles. The molecule has 1 atom stereocenters. The molecular formula is C13H19ClFN. The fourth-order valence-electron chi connectivity index (χ4n) is 2.23. The van der Waals surface area contributed by atoms with Crippen LogP contribution in [-0.2, 0) is 0 Å². The van der Waals surface area contributed by atoms with Crippen LogP contribution in [0.1, 0.15) is 38.2 Å². The second kappa shape index (κ2) is 6.21. The molecule has 2 N–H and O–H groups in total. The van der Waals surface area contributed by atoms with E-state index < -0.39 is 0 Å². The summed E-state index contributed by atoms with van der Waals surface area (Å²) < 4.78 is 13.0. The van der Waals surface area contributed by atoms with Crippen LogP contribution in [0.2, 0.25) is 5.02 Å². The van der Waals surface area contributed by atoms with Gasteiger partial charge in [0.05, 0.1) is 0 Å². The molecule has 0 aliphatic carbocycles. The van der Waals surface area contributed by atoms with Gasteiger partial charge in [-0.2, -0.15) is 0 Å². The van der Waals surface area contributed by atoms with Gasteiger partial charge in [-0.05, 0) is 30.2 Å². The minimum absolute atomic E-state index is 0.225. The van der Waals surface area contributed by atoms with Crippen LogP contribution in [0.5, 0.6) is 0 Å². The Hall–Kier alpha value is -0.600. The first kappa shape index (κ1) is 13.5. The average Bonchev–Trinajstić information content (AvgIpc) is 2.27. The topological polar surface area (TPSA) is 26.0 Å². The van der Waals surface area contributed by atoms with Crippen LogP contribution in [0.3, 0.4) is 0 Å². The van der Waals surface area contributed by atoms with Crippen LogP contribution in [-0.4, -0.2) is 6.54 Å². The number of hydrogen-bond acceptors (Lipinski definition) is 1. The summed E-state index contributed by atoms with van der Waals surface area (Å²) in [5.41, 5.74) is 6.78. The van der Waals surface area contributed by atoms with E-state index >= 15 is 0 Å². The fourth-order valence-corrected chi connectivity index (χ4v) is 2.54. The van der Waals surface area contributed by atoms with E-state index in [1.807, 2.05) is 0 Å². The van der Waals surface area contributed by atoms with Crippen molar-refractivity contribution in [2.45, 2.75) is 32.6 Å². The van der Waals surface area contributed by atoms with Gasteiger partial charge in [-0.15, -0.1) is 0 Å². The largest absolute Gasteiger partial charge is 0.330 e. The van der Waals surface area contributed by atoms with E-state index in [4.69, 9.17) is 17.3 Å². The van der Waals surface area contributed by atoms with E-state index in [0.29, 0.717) is 17.5 Å². The molecule has 0 radical (unpaired) electrons. The molecule has 0 heterocycles. The summed E-state index contributed by atoms with van der Waals surface area (Å²) in [5.74, 6) is 0.435. The molecule has 0 saturated heterocycles. The Labute approximate surface area is 102 Å². The SMILES string of the molecule is CCC(CC)C(CN)c1ccc(F)cc1Cl. The zero-order valence-electron chi connectivity index (χ0n) is 9.84. The number of nitrogens with two attached hydrogens (primary N) is 1. The zero-order valence-corrected chi connectivity index (χ0v) is 10.6. The standard InChI is InChI=1S/C13H19ClFN/c1-3-9(4-2)12(8-16)11-6-5-10(15)7-13(11)14/h5-7,9,12H,3-4,8,16H2,1-2H3. The van der Waals surface area contributed by atoms with Gasteiger partial charge in [0.2, 0.25) is 0 Å². The molecule has 0 fully saturated rings. The van der Waals surface area contributed by atoms with Gasteiger partial charge in [0, 0.05) is 10.9 Å². The van der Waals surface area contributed by atoms with Gasteiger partial charge in [0.15, 0.2) is 0 Å². The highest BCUT2D eigenvalue weighted by atomic mass is 35.5. The summed E-state index contributed by atoms with van der Waals surface area (Å²) in [6, 6.07) is 4.57. The zero-order chi connectivity index (χ0) is 12.1. The van der Waals surface area contributed by atoms with Crippen LogP contribution in [0.25, 0.3) is 0 Å². The summed E-state index contributed by atoms with van der Waals surface area (Å²) in [7, 11) is 0. The quantitative estimate of drug-likeness (QED) is 0.833. The smallest absolute Gasteiger partial charge is 0.124 e. The second-order valence-corrected chi connectivity index (χ2v) is 4.49. The van der Waals surface area contributed by atoms with E-state index in [0.717, 1.165) is 18.4 Å². The Morgan fingerprint density at radius 2 is 1.94 bits per heavy atom. The van der Waals surface area contributed by atoms with Crippen LogP contribution < -0.4 is 5.73 Å². The lowest BCUT2D eigenvalue weighted by Gasteiger charge is -2.25. The molecule has 1 rings (SSSR count). The summed E-state index contributed by atoms with van der Waals surface area (Å²) in [5, 5.41) is 0.488. The molecule has 0 aromatic heterocycles. The van der Waals surface area contributed by atoms with E-state index in [1.54, 1.807) is 6.07 Å². The van der Waals surface area contributed by atoms with Crippen molar-refractivity contribution in [3.05, 3.63) is 34.6 Å². The first-order chi connectivity index (χ1) is 7.63. The van der Waals surface area contributed by atoms with Crippen molar-refractivity contribution in [3.63, 3.8) is 0 Å². The predicted octanol–water partition coefficient (Wildman–Crippen LogP) is 3.96. The van der Waals surface area contributed by atoms with E-state index in [2.05, 4.69) is 13.8 Å². The maximum absolute atomic E-state index is 13.0. The Bertz CT molecular complexity index is 337. The molecule has 0 amide bonds. The Morgan fingerprint density at radius 3 is 2.38 bits per heavy atom. The molecule has 0 bridgehead atoms. The van der Waals surface area contributed by atoms with Crippen molar-refractivity contribution in [1.82, 2.24) is 0 Å². The molecule has 1 unspecified atom stereocenters. The normalized spacial score (nSPS) is 13.1. The summed E-state index contributed by atoms with van der Waals surface area (Å²) in [4.78, 5) is 0. The van der Waals surface area contributed by atoms with Gasteiger partial charge in [0.1, 0.15) is 5.82 Å². The number of benzene rings is 1. The Balaban J connectivity index is 3.03. The fraction of sp³-hybridized carbons (Fsp3) is 0.538. The van der Waals surface area contributed by atoms with E-state index in [9.17, 15) is 4.39 Å². The summed E-state index contributed by atoms with van der Waals surface area (Å²) in [6.45, 7) is 4.85. The molecule has 3 heteroatoms. The van der Waals surface area contributed by atoms with Crippen molar-refractivity contribution < 1.29 is 4.39 Å². The van der Waals surface area contributed by atoms with Crippen molar-refractivity contribution >= 4 is 11.6 Å². The molecule has 1 nitrogen and oxygen atoms in total. The van der Waals surface area contributed by atoms with Gasteiger partial charge in [0.25, 0.3) is 0 Å². The summed E-state index contributed by atoms with van der Waals surface area (Å²) in [6.07, 6.45) is 2.12. The van der Waals surface area contributed by atoms with Gasteiger partial charge >= 0.3 is 0 Å². The van der Waals surface area contributed by atoms with E-state index in [-0.39, 0.29) is 11.7 Å². The van der Waals surface area contributed by atoms with E-state index in [1.165, 1.54) is 12.1 Å². The molecular weight excluding hydrogens is 225 g/mol. The minimum atomic E-state index is -0.297. The van der Waals surface area contributed by atoms with Crippen molar-refractivity contribution in [2.75, 3.05) is 6.54 Å². The lowest BCUT2D eigenvalue weighted by molar-refractivity contribution is 0.402. The third kappa shape index (κ3) is 2.96. The van der Waals surface area contributed by atoms with Gasteiger partial charge in [-0.1, -0.05) is 44.4 Å². The Morgan fingerprint density at radius 1 is 1.31 bits per heavy atom. The van der Waals surface area contributed by atoms with Crippen molar-refractivity contribution in [2.24, 2.45) is 11.7 Å². The molecule has 0 aliphatic rings. The maximum Gasteiger partial charge on any atom is 0.124 e. The lowest BCUT2D eigenvalue weighted by Crippen LogP contribution is -2.21. The number of hydrogen-bond donors (Lipinski definition) is 1. The lowest BCUT2D eigenvalue weighted by atomic mass is 9.82. The van der Waals surface area contributed by atoms with Crippen molar-refractivity contribution in [3.8, 4) is 0 Å². The first-order valence-electron chi connectivity index (χ1n) is 5.79. The van der Waals surface area contributed by atoms with Gasteiger partial charge in [-0.3, -0.25) is 0 Å². The van der Waals surface area contributed by atoms with Crippen LogP contribution in [0.4, 0.5) is 4.39 Å². The number of halogens is 2. The first-order valence-corrected chi connectivity index (χ1v) is 6.16. The van der Waals surface area contributed by atoms with Gasteiger partial charge < -0.3 is 5.73 Å². The van der Waals surface area contributed by atoms with Gasteiger partial charge in [-0.25, -0.2) is 4.39 Å². The monoisotopic (exact) mass is 243 g/mol. The molecule has 16 heavy (non-hydrogen) atoms.